The van der Waals surface area contributed by atoms with Crippen molar-refractivity contribution in [2.45, 2.75) is 31.7 Å². The number of amides is 1. The van der Waals surface area contributed by atoms with Crippen LogP contribution in [-0.2, 0) is 0 Å². The van der Waals surface area contributed by atoms with Gasteiger partial charge in [0, 0.05) is 18.0 Å². The molecule has 1 saturated heterocycles. The highest BCUT2D eigenvalue weighted by atomic mass is 16.2. The van der Waals surface area contributed by atoms with Gasteiger partial charge in [-0.05, 0) is 44.4 Å². The van der Waals surface area contributed by atoms with E-state index in [0.29, 0.717) is 18.3 Å². The van der Waals surface area contributed by atoms with Crippen LogP contribution >= 0.6 is 0 Å². The Labute approximate surface area is 125 Å². The van der Waals surface area contributed by atoms with E-state index in [4.69, 9.17) is 5.73 Å². The molecule has 1 aliphatic heterocycles. The van der Waals surface area contributed by atoms with Crippen molar-refractivity contribution in [3.05, 3.63) is 42.1 Å². The number of pyridine rings is 1. The average Bonchev–Trinajstić information content (AvgIpc) is 3.00. The highest BCUT2D eigenvalue weighted by Crippen LogP contribution is 2.23. The second-order valence-corrected chi connectivity index (χ2v) is 5.61. The fraction of sp³-hybridized carbons (Fsp3) is 0.412. The van der Waals surface area contributed by atoms with Gasteiger partial charge in [-0.25, -0.2) is 4.98 Å². The number of fused-ring (bicyclic) bond motifs is 1. The molecule has 0 bridgehead atoms. The summed E-state index contributed by atoms with van der Waals surface area (Å²) in [4.78, 5) is 19.2. The quantitative estimate of drug-likeness (QED) is 0.938. The lowest BCUT2D eigenvalue weighted by Crippen LogP contribution is -2.36. The third-order valence-electron chi connectivity index (χ3n) is 4.20. The van der Waals surface area contributed by atoms with Crippen LogP contribution < -0.4 is 5.73 Å². The van der Waals surface area contributed by atoms with Crippen LogP contribution in [0.1, 0.15) is 36.2 Å². The summed E-state index contributed by atoms with van der Waals surface area (Å²) in [6, 6.07) is 12.0. The third-order valence-corrected chi connectivity index (χ3v) is 4.20. The topological polar surface area (TPSA) is 59.2 Å². The van der Waals surface area contributed by atoms with Crippen LogP contribution in [0.5, 0.6) is 0 Å². The summed E-state index contributed by atoms with van der Waals surface area (Å²) in [5, 5.41) is 1.06. The van der Waals surface area contributed by atoms with E-state index < -0.39 is 0 Å². The Morgan fingerprint density at radius 1 is 1.29 bits per heavy atom. The molecule has 1 fully saturated rings. The van der Waals surface area contributed by atoms with E-state index in [1.165, 1.54) is 0 Å². The number of hydrogen-bond donors (Lipinski definition) is 1. The molecule has 0 aliphatic carbocycles. The Bertz CT molecular complexity index is 641. The molecule has 0 spiro atoms. The van der Waals surface area contributed by atoms with Crippen LogP contribution in [0.15, 0.2) is 36.4 Å². The first-order valence-electron chi connectivity index (χ1n) is 7.66. The smallest absolute Gasteiger partial charge is 0.272 e. The normalized spacial score (nSPS) is 18.3. The molecule has 1 unspecified atom stereocenters. The van der Waals surface area contributed by atoms with Gasteiger partial charge in [0.2, 0.25) is 0 Å². The van der Waals surface area contributed by atoms with Crippen LogP contribution in [0, 0.1) is 0 Å². The standard InChI is InChI=1S/C17H21N3O/c18-11-3-6-14-7-4-12-20(14)17(21)16-10-9-13-5-1-2-8-15(13)19-16/h1-2,5,8-10,14H,3-4,6-7,11-12,18H2. The molecule has 21 heavy (non-hydrogen) atoms. The van der Waals surface area contributed by atoms with Gasteiger partial charge in [-0.3, -0.25) is 4.79 Å². The Morgan fingerprint density at radius 2 is 2.14 bits per heavy atom. The van der Waals surface area contributed by atoms with E-state index >= 15 is 0 Å². The number of carbonyl (C=O) groups is 1. The summed E-state index contributed by atoms with van der Waals surface area (Å²) < 4.78 is 0. The average molecular weight is 283 g/mol. The van der Waals surface area contributed by atoms with Gasteiger partial charge < -0.3 is 10.6 Å². The highest BCUT2D eigenvalue weighted by Gasteiger charge is 2.29. The molecule has 1 aromatic heterocycles. The lowest BCUT2D eigenvalue weighted by Gasteiger charge is -2.24. The second kappa shape index (κ2) is 6.22. The maximum Gasteiger partial charge on any atom is 0.272 e. The number of rotatable bonds is 4. The summed E-state index contributed by atoms with van der Waals surface area (Å²) in [7, 11) is 0. The number of hydrogen-bond acceptors (Lipinski definition) is 3. The third kappa shape index (κ3) is 2.90. The second-order valence-electron chi connectivity index (χ2n) is 5.61. The van der Waals surface area contributed by atoms with Crippen molar-refractivity contribution in [3.63, 3.8) is 0 Å². The Balaban J connectivity index is 1.82. The predicted molar refractivity (Wildman–Crippen MR) is 84.1 cm³/mol. The molecular weight excluding hydrogens is 262 g/mol. The van der Waals surface area contributed by atoms with Crippen LogP contribution in [-0.4, -0.2) is 34.9 Å². The summed E-state index contributed by atoms with van der Waals surface area (Å²) in [5.41, 5.74) is 7.01. The van der Waals surface area contributed by atoms with Crippen molar-refractivity contribution in [1.29, 1.82) is 0 Å². The molecule has 1 amide bonds. The van der Waals surface area contributed by atoms with E-state index in [0.717, 1.165) is 43.1 Å². The molecule has 4 nitrogen and oxygen atoms in total. The van der Waals surface area contributed by atoms with Gasteiger partial charge >= 0.3 is 0 Å². The SMILES string of the molecule is NCCCC1CCCN1C(=O)c1ccc2ccccc2n1. The summed E-state index contributed by atoms with van der Waals surface area (Å²) in [5.74, 6) is 0.0558. The summed E-state index contributed by atoms with van der Waals surface area (Å²) in [6.45, 7) is 1.52. The van der Waals surface area contributed by atoms with Gasteiger partial charge in [-0.2, -0.15) is 0 Å². The Kier molecular flexibility index (Phi) is 4.15. The van der Waals surface area contributed by atoms with Gasteiger partial charge in [-0.1, -0.05) is 24.3 Å². The van der Waals surface area contributed by atoms with E-state index in [-0.39, 0.29) is 5.91 Å². The molecule has 1 aliphatic rings. The summed E-state index contributed by atoms with van der Waals surface area (Å²) >= 11 is 0. The van der Waals surface area contributed by atoms with Gasteiger partial charge in [-0.15, -0.1) is 0 Å². The minimum atomic E-state index is 0.0558. The number of likely N-dealkylation sites (tertiary alicyclic amines) is 1. The molecule has 2 heterocycles. The first-order valence-corrected chi connectivity index (χ1v) is 7.66. The van der Waals surface area contributed by atoms with Crippen LogP contribution in [0.3, 0.4) is 0 Å². The monoisotopic (exact) mass is 283 g/mol. The highest BCUT2D eigenvalue weighted by molar-refractivity contribution is 5.95. The predicted octanol–water partition coefficient (Wildman–Crippen LogP) is 2.58. The number of nitrogens with two attached hydrogens (primary N) is 1. The van der Waals surface area contributed by atoms with Gasteiger partial charge in [0.15, 0.2) is 0 Å². The zero-order valence-corrected chi connectivity index (χ0v) is 12.2. The fourth-order valence-corrected chi connectivity index (χ4v) is 3.09. The molecular formula is C17H21N3O. The number of para-hydroxylation sites is 1. The molecule has 2 aromatic rings. The zero-order chi connectivity index (χ0) is 14.7. The molecule has 0 radical (unpaired) electrons. The van der Waals surface area contributed by atoms with Gasteiger partial charge in [0.25, 0.3) is 5.91 Å². The summed E-state index contributed by atoms with van der Waals surface area (Å²) in [6.07, 6.45) is 4.13. The van der Waals surface area contributed by atoms with E-state index in [2.05, 4.69) is 4.98 Å². The molecule has 3 rings (SSSR count). The van der Waals surface area contributed by atoms with Crippen LogP contribution in [0.25, 0.3) is 10.9 Å². The van der Waals surface area contributed by atoms with Crippen molar-refractivity contribution >= 4 is 16.8 Å². The number of nitrogens with zero attached hydrogens (tertiary/aromatic N) is 2. The molecule has 110 valence electrons. The maximum atomic E-state index is 12.7. The van der Waals surface area contributed by atoms with Gasteiger partial charge in [0.05, 0.1) is 5.52 Å². The Hall–Kier alpha value is -1.94. The largest absolute Gasteiger partial charge is 0.334 e. The first-order chi connectivity index (χ1) is 10.3. The number of aromatic nitrogens is 1. The molecule has 2 N–H and O–H groups in total. The lowest BCUT2D eigenvalue weighted by molar-refractivity contribution is 0.0724. The molecule has 4 heteroatoms. The van der Waals surface area contributed by atoms with Crippen molar-refractivity contribution in [1.82, 2.24) is 9.88 Å². The number of benzene rings is 1. The number of carbonyl (C=O) groups excluding carboxylic acids is 1. The van der Waals surface area contributed by atoms with Crippen molar-refractivity contribution in [2.75, 3.05) is 13.1 Å². The van der Waals surface area contributed by atoms with Gasteiger partial charge in [0.1, 0.15) is 5.69 Å². The minimum Gasteiger partial charge on any atom is -0.334 e. The van der Waals surface area contributed by atoms with Crippen LogP contribution in [0.4, 0.5) is 0 Å². The van der Waals surface area contributed by atoms with Crippen molar-refractivity contribution in [2.24, 2.45) is 5.73 Å². The van der Waals surface area contributed by atoms with E-state index in [9.17, 15) is 4.79 Å². The Morgan fingerprint density at radius 3 is 3.00 bits per heavy atom. The first kappa shape index (κ1) is 14.0. The molecule has 1 aromatic carbocycles. The van der Waals surface area contributed by atoms with E-state index in [1.807, 2.05) is 41.3 Å². The van der Waals surface area contributed by atoms with Crippen molar-refractivity contribution < 1.29 is 4.79 Å². The van der Waals surface area contributed by atoms with E-state index in [1.54, 1.807) is 0 Å². The maximum absolute atomic E-state index is 12.7. The minimum absolute atomic E-state index is 0.0558. The van der Waals surface area contributed by atoms with Crippen molar-refractivity contribution in [3.8, 4) is 0 Å². The lowest BCUT2D eigenvalue weighted by atomic mass is 10.1. The van der Waals surface area contributed by atoms with Crippen LogP contribution in [0.2, 0.25) is 0 Å². The zero-order valence-electron chi connectivity index (χ0n) is 12.2. The molecule has 0 saturated carbocycles. The molecule has 1 atom stereocenters. The fourth-order valence-electron chi connectivity index (χ4n) is 3.09.